The van der Waals surface area contributed by atoms with Gasteiger partial charge in [-0.15, -0.1) is 11.3 Å². The predicted octanol–water partition coefficient (Wildman–Crippen LogP) is 4.41. The zero-order chi connectivity index (χ0) is 19.8. The first-order valence-corrected chi connectivity index (χ1v) is 10.8. The number of hydrogen-bond donors (Lipinski definition) is 1. The van der Waals surface area contributed by atoms with E-state index in [2.05, 4.69) is 26.6 Å². The predicted molar refractivity (Wildman–Crippen MR) is 113 cm³/mol. The summed E-state index contributed by atoms with van der Waals surface area (Å²) in [6.45, 7) is 2.55. The molecule has 0 saturated heterocycles. The van der Waals surface area contributed by atoms with E-state index in [-0.39, 0.29) is 5.91 Å². The topological polar surface area (TPSA) is 77.6 Å². The number of carbonyl (C=O) groups excluding carboxylic acids is 1. The number of aryl methyl sites for hydroxylation is 1. The smallest absolute Gasteiger partial charge is 0.257 e. The molecule has 4 aromatic rings. The number of rotatable bonds is 5. The summed E-state index contributed by atoms with van der Waals surface area (Å²) in [5.74, 6) is 0.589. The van der Waals surface area contributed by atoms with Crippen LogP contribution in [0.15, 0.2) is 42.0 Å². The Balaban J connectivity index is 1.46. The molecule has 1 saturated carbocycles. The van der Waals surface area contributed by atoms with Gasteiger partial charge < -0.3 is 5.32 Å². The lowest BCUT2D eigenvalue weighted by atomic mass is 10.1. The second-order valence-electron chi connectivity index (χ2n) is 7.48. The number of nitrogens with one attached hydrogen (secondary N) is 1. The first-order valence-electron chi connectivity index (χ1n) is 9.89. The van der Waals surface area contributed by atoms with Crippen LogP contribution in [-0.4, -0.2) is 30.5 Å². The average Bonchev–Trinajstić information content (AvgIpc) is 3.50. The van der Waals surface area contributed by atoms with E-state index in [4.69, 9.17) is 0 Å². The molecule has 1 N–H and O–H groups in total. The maximum absolute atomic E-state index is 13.2. The first kappa shape index (κ1) is 18.1. The van der Waals surface area contributed by atoms with Crippen LogP contribution in [0.4, 0.5) is 5.82 Å². The van der Waals surface area contributed by atoms with Gasteiger partial charge in [-0.1, -0.05) is 18.9 Å². The zero-order valence-corrected chi connectivity index (χ0v) is 17.0. The van der Waals surface area contributed by atoms with E-state index in [1.54, 1.807) is 23.7 Å². The van der Waals surface area contributed by atoms with Gasteiger partial charge in [0.05, 0.1) is 35.9 Å². The van der Waals surface area contributed by atoms with E-state index >= 15 is 0 Å². The summed E-state index contributed by atoms with van der Waals surface area (Å²) >= 11 is 1.68. The van der Waals surface area contributed by atoms with Crippen LogP contribution in [0.1, 0.15) is 52.7 Å². The fraction of sp³-hybridized carbons (Fsp3) is 0.333. The van der Waals surface area contributed by atoms with Gasteiger partial charge in [0.25, 0.3) is 5.91 Å². The lowest BCUT2D eigenvalue weighted by Gasteiger charge is -2.15. The number of hydrogen-bond acceptors (Lipinski definition) is 5. The number of carbonyl (C=O) groups is 1. The molecule has 1 aliphatic rings. The third kappa shape index (κ3) is 3.44. The zero-order valence-electron chi connectivity index (χ0n) is 16.2. The van der Waals surface area contributed by atoms with Crippen molar-refractivity contribution in [2.45, 2.75) is 45.2 Å². The molecule has 0 bridgehead atoms. The Morgan fingerprint density at radius 1 is 1.28 bits per heavy atom. The molecular formula is C21H22N6OS. The van der Waals surface area contributed by atoms with Gasteiger partial charge in [0.15, 0.2) is 5.65 Å². The Hall–Kier alpha value is -3.00. The Bertz CT molecular complexity index is 1150. The van der Waals surface area contributed by atoms with Gasteiger partial charge in [-0.25, -0.2) is 14.3 Å². The number of thiophene rings is 1. The Morgan fingerprint density at radius 2 is 2.14 bits per heavy atom. The summed E-state index contributed by atoms with van der Waals surface area (Å²) < 4.78 is 3.81. The molecule has 8 heteroatoms. The van der Waals surface area contributed by atoms with Gasteiger partial charge in [0.2, 0.25) is 0 Å². The fourth-order valence-electron chi connectivity index (χ4n) is 4.06. The van der Waals surface area contributed by atoms with Gasteiger partial charge in [0.1, 0.15) is 5.82 Å². The highest BCUT2D eigenvalue weighted by Gasteiger charge is 2.22. The van der Waals surface area contributed by atoms with Gasteiger partial charge in [0, 0.05) is 16.6 Å². The van der Waals surface area contributed by atoms with Crippen molar-refractivity contribution in [1.82, 2.24) is 24.5 Å². The van der Waals surface area contributed by atoms with E-state index in [1.165, 1.54) is 17.7 Å². The minimum absolute atomic E-state index is 0.157. The number of pyridine rings is 1. The molecule has 29 heavy (non-hydrogen) atoms. The summed E-state index contributed by atoms with van der Waals surface area (Å²) in [6, 6.07) is 8.16. The molecule has 7 nitrogen and oxygen atoms in total. The largest absolute Gasteiger partial charge is 0.307 e. The quantitative estimate of drug-likeness (QED) is 0.532. The highest BCUT2D eigenvalue weighted by atomic mass is 32.1. The van der Waals surface area contributed by atoms with E-state index in [0.717, 1.165) is 35.4 Å². The van der Waals surface area contributed by atoms with Crippen LogP contribution in [0.25, 0.3) is 11.0 Å². The van der Waals surface area contributed by atoms with Crippen molar-refractivity contribution in [2.24, 2.45) is 0 Å². The van der Waals surface area contributed by atoms with Crippen molar-refractivity contribution in [1.29, 1.82) is 0 Å². The van der Waals surface area contributed by atoms with E-state index in [1.807, 2.05) is 39.9 Å². The fourth-order valence-corrected chi connectivity index (χ4v) is 4.75. The molecule has 1 fully saturated rings. The molecule has 0 aromatic carbocycles. The lowest BCUT2D eigenvalue weighted by molar-refractivity contribution is 0.102. The number of amides is 1. The van der Waals surface area contributed by atoms with Crippen molar-refractivity contribution in [3.8, 4) is 0 Å². The maximum Gasteiger partial charge on any atom is 0.257 e. The van der Waals surface area contributed by atoms with E-state index in [0.29, 0.717) is 18.2 Å². The third-order valence-corrected chi connectivity index (χ3v) is 6.31. The van der Waals surface area contributed by atoms with Gasteiger partial charge in [-0.2, -0.15) is 10.2 Å². The van der Waals surface area contributed by atoms with Gasteiger partial charge in [-0.3, -0.25) is 4.79 Å². The van der Waals surface area contributed by atoms with Crippen LogP contribution >= 0.6 is 11.3 Å². The van der Waals surface area contributed by atoms with Crippen LogP contribution in [-0.2, 0) is 6.54 Å². The summed E-state index contributed by atoms with van der Waals surface area (Å²) in [7, 11) is 0. The van der Waals surface area contributed by atoms with Gasteiger partial charge >= 0.3 is 0 Å². The SMILES string of the molecule is Cc1cc(C(=O)Nc2ccnn2C2CCCC2)c2cnn(Cc3cccs3)c2n1. The van der Waals surface area contributed by atoms with Crippen LogP contribution < -0.4 is 5.32 Å². The summed E-state index contributed by atoms with van der Waals surface area (Å²) in [6.07, 6.45) is 8.13. The highest BCUT2D eigenvalue weighted by Crippen LogP contribution is 2.31. The van der Waals surface area contributed by atoms with Crippen molar-refractivity contribution >= 4 is 34.1 Å². The molecule has 0 aliphatic heterocycles. The van der Waals surface area contributed by atoms with Gasteiger partial charge in [-0.05, 0) is 37.3 Å². The second kappa shape index (κ2) is 7.44. The van der Waals surface area contributed by atoms with Crippen molar-refractivity contribution in [3.63, 3.8) is 0 Å². The normalized spacial score (nSPS) is 14.7. The number of nitrogens with zero attached hydrogens (tertiary/aromatic N) is 5. The average molecular weight is 407 g/mol. The van der Waals surface area contributed by atoms with E-state index in [9.17, 15) is 4.79 Å². The van der Waals surface area contributed by atoms with E-state index < -0.39 is 0 Å². The Kier molecular flexibility index (Phi) is 4.63. The molecule has 1 aliphatic carbocycles. The molecule has 5 rings (SSSR count). The molecule has 0 unspecified atom stereocenters. The number of anilines is 1. The van der Waals surface area contributed by atoms with Crippen LogP contribution in [0.2, 0.25) is 0 Å². The standard InChI is InChI=1S/C21H22N6OS/c1-14-11-17(18-12-23-26(20(18)24-14)13-16-7-4-10-29-16)21(28)25-19-8-9-22-27(19)15-5-2-3-6-15/h4,7-12,15H,2-3,5-6,13H2,1H3,(H,25,28). The third-order valence-electron chi connectivity index (χ3n) is 5.45. The summed E-state index contributed by atoms with van der Waals surface area (Å²) in [5.41, 5.74) is 2.11. The number of aromatic nitrogens is 5. The molecular weight excluding hydrogens is 384 g/mol. The van der Waals surface area contributed by atoms with Crippen molar-refractivity contribution in [2.75, 3.05) is 5.32 Å². The monoisotopic (exact) mass is 406 g/mol. The van der Waals surface area contributed by atoms with Crippen LogP contribution in [0, 0.1) is 6.92 Å². The van der Waals surface area contributed by atoms with Crippen molar-refractivity contribution < 1.29 is 4.79 Å². The molecule has 0 spiro atoms. The Morgan fingerprint density at radius 3 is 2.93 bits per heavy atom. The summed E-state index contributed by atoms with van der Waals surface area (Å²) in [5, 5.41) is 14.8. The molecule has 4 aromatic heterocycles. The first-order chi connectivity index (χ1) is 14.2. The van der Waals surface area contributed by atoms with Crippen LogP contribution in [0.3, 0.4) is 0 Å². The molecule has 1 amide bonds. The summed E-state index contributed by atoms with van der Waals surface area (Å²) in [4.78, 5) is 19.0. The minimum atomic E-state index is -0.157. The maximum atomic E-state index is 13.2. The molecule has 148 valence electrons. The van der Waals surface area contributed by atoms with Crippen molar-refractivity contribution in [3.05, 3.63) is 58.2 Å². The molecule has 4 heterocycles. The minimum Gasteiger partial charge on any atom is -0.307 e. The highest BCUT2D eigenvalue weighted by molar-refractivity contribution is 7.09. The van der Waals surface area contributed by atoms with Crippen LogP contribution in [0.5, 0.6) is 0 Å². The Labute approximate surface area is 172 Å². The molecule has 0 radical (unpaired) electrons. The molecule has 0 atom stereocenters. The lowest BCUT2D eigenvalue weighted by Crippen LogP contribution is -2.18. The number of fused-ring (bicyclic) bond motifs is 1. The second-order valence-corrected chi connectivity index (χ2v) is 8.52.